The fourth-order valence-electron chi connectivity index (χ4n) is 3.79. The minimum Gasteiger partial charge on any atom is -0.504 e. The van der Waals surface area contributed by atoms with E-state index in [1.807, 2.05) is 0 Å². The third-order valence-electron chi connectivity index (χ3n) is 5.80. The molecule has 3 rings (SSSR count). The van der Waals surface area contributed by atoms with Crippen LogP contribution in [-0.4, -0.2) is 73.2 Å². The molecule has 0 spiro atoms. The van der Waals surface area contributed by atoms with Gasteiger partial charge in [0.1, 0.15) is 5.56 Å². The van der Waals surface area contributed by atoms with Crippen LogP contribution in [0.1, 0.15) is 31.1 Å². The number of carboxylic acids is 1. The van der Waals surface area contributed by atoms with Gasteiger partial charge in [-0.15, -0.1) is 0 Å². The van der Waals surface area contributed by atoms with E-state index in [1.54, 1.807) is 0 Å². The molecule has 0 fully saturated rings. The van der Waals surface area contributed by atoms with Gasteiger partial charge in [-0.25, -0.2) is 4.79 Å². The predicted molar refractivity (Wildman–Crippen MR) is 146 cm³/mol. The lowest BCUT2D eigenvalue weighted by molar-refractivity contribution is -0.118. The van der Waals surface area contributed by atoms with Crippen LogP contribution in [0.25, 0.3) is 0 Å². The van der Waals surface area contributed by atoms with Crippen molar-refractivity contribution < 1.29 is 48.8 Å². The van der Waals surface area contributed by atoms with E-state index in [0.29, 0.717) is 12.1 Å². The van der Waals surface area contributed by atoms with Crippen LogP contribution in [0, 0.1) is 0 Å². The molecular formula is C27H26N4O10. The molecule has 0 aromatic heterocycles. The fraction of sp³-hybridized carbons (Fsp3) is 0.148. The lowest BCUT2D eigenvalue weighted by Crippen LogP contribution is -2.27. The van der Waals surface area contributed by atoms with Crippen LogP contribution in [0.4, 0.5) is 17.1 Å². The van der Waals surface area contributed by atoms with E-state index in [-0.39, 0.29) is 40.5 Å². The van der Waals surface area contributed by atoms with Crippen molar-refractivity contribution in [2.24, 2.45) is 0 Å². The van der Waals surface area contributed by atoms with E-state index >= 15 is 0 Å². The fourth-order valence-corrected chi connectivity index (χ4v) is 3.79. The lowest BCUT2D eigenvalue weighted by atomic mass is 10.1. The van der Waals surface area contributed by atoms with Crippen molar-refractivity contribution in [1.29, 1.82) is 0 Å². The Morgan fingerprint density at radius 3 is 2.05 bits per heavy atom. The summed E-state index contributed by atoms with van der Waals surface area (Å²) in [6.07, 6.45) is 0.395. The maximum absolute atomic E-state index is 13.1. The van der Waals surface area contributed by atoms with E-state index in [4.69, 9.17) is 9.47 Å². The van der Waals surface area contributed by atoms with Gasteiger partial charge in [0.25, 0.3) is 11.8 Å². The second-order valence-corrected chi connectivity index (χ2v) is 8.30. The zero-order valence-corrected chi connectivity index (χ0v) is 22.0. The summed E-state index contributed by atoms with van der Waals surface area (Å²) in [5, 5.41) is 37.5. The zero-order chi connectivity index (χ0) is 30.3. The van der Waals surface area contributed by atoms with Crippen LogP contribution in [-0.2, 0) is 9.59 Å². The summed E-state index contributed by atoms with van der Waals surface area (Å²) >= 11 is 0. The number of amides is 4. The molecule has 0 unspecified atom stereocenters. The maximum Gasteiger partial charge on any atom is 0.339 e. The molecule has 0 saturated carbocycles. The molecule has 0 aliphatic heterocycles. The summed E-state index contributed by atoms with van der Waals surface area (Å²) in [5.74, 6) is -4.96. The van der Waals surface area contributed by atoms with Gasteiger partial charge < -0.3 is 45.6 Å². The quantitative estimate of drug-likeness (QED) is 0.186. The standard InChI is InChI=1S/C27H26N4O10/c1-31(26(37)14-4-6-15(7-5-14)29-20(33)12-28-13-32)19-11-9-16(21(34)24(19)41-3)25(36)30-18-10-8-17(27(38)39)22(35)23(18)40-2/h4-11,13,34-35H,12H2,1-3H3,(H,28,32)(H,29,33)(H,30,36)(H,38,39). The Balaban J connectivity index is 1.83. The van der Waals surface area contributed by atoms with Crippen LogP contribution in [0.5, 0.6) is 23.0 Å². The number of phenolic OH excluding ortho intramolecular Hbond substituents is 1. The van der Waals surface area contributed by atoms with Crippen molar-refractivity contribution in [3.05, 3.63) is 65.2 Å². The second-order valence-electron chi connectivity index (χ2n) is 8.30. The smallest absolute Gasteiger partial charge is 0.339 e. The number of benzene rings is 3. The summed E-state index contributed by atoms with van der Waals surface area (Å²) in [7, 11) is 3.84. The van der Waals surface area contributed by atoms with Gasteiger partial charge in [-0.3, -0.25) is 19.2 Å². The number of anilines is 3. The summed E-state index contributed by atoms with van der Waals surface area (Å²) in [4.78, 5) is 60.6. The van der Waals surface area contributed by atoms with Crippen LogP contribution in [0.15, 0.2) is 48.5 Å². The molecule has 214 valence electrons. The van der Waals surface area contributed by atoms with Gasteiger partial charge in [0.15, 0.2) is 23.0 Å². The first-order valence-corrected chi connectivity index (χ1v) is 11.7. The molecule has 3 aromatic carbocycles. The number of nitrogens with zero attached hydrogens (tertiary/aromatic N) is 1. The Morgan fingerprint density at radius 2 is 1.46 bits per heavy atom. The minimum atomic E-state index is -1.40. The number of carbonyl (C=O) groups is 5. The molecule has 0 radical (unpaired) electrons. The van der Waals surface area contributed by atoms with Gasteiger partial charge in [0.2, 0.25) is 12.3 Å². The van der Waals surface area contributed by atoms with Gasteiger partial charge in [-0.2, -0.15) is 0 Å². The number of nitrogens with one attached hydrogen (secondary N) is 3. The van der Waals surface area contributed by atoms with Gasteiger partial charge >= 0.3 is 5.97 Å². The highest BCUT2D eigenvalue weighted by Crippen LogP contribution is 2.41. The average molecular weight is 567 g/mol. The summed E-state index contributed by atoms with van der Waals surface area (Å²) in [5.41, 5.74) is 0.0121. The minimum absolute atomic E-state index is 0.0608. The van der Waals surface area contributed by atoms with Crippen LogP contribution >= 0.6 is 0 Å². The second kappa shape index (κ2) is 12.8. The topological polar surface area (TPSA) is 204 Å². The van der Waals surface area contributed by atoms with Gasteiger partial charge in [0, 0.05) is 18.3 Å². The summed E-state index contributed by atoms with van der Waals surface area (Å²) < 4.78 is 10.3. The molecule has 41 heavy (non-hydrogen) atoms. The molecule has 14 nitrogen and oxygen atoms in total. The van der Waals surface area contributed by atoms with Gasteiger partial charge in [-0.05, 0) is 48.5 Å². The summed E-state index contributed by atoms with van der Waals surface area (Å²) in [6.45, 7) is -0.211. The molecule has 0 aliphatic carbocycles. The average Bonchev–Trinajstić information content (AvgIpc) is 2.95. The highest BCUT2D eigenvalue weighted by molar-refractivity contribution is 6.11. The Morgan fingerprint density at radius 1 is 0.854 bits per heavy atom. The highest BCUT2D eigenvalue weighted by Gasteiger charge is 2.25. The molecule has 4 amide bonds. The van der Waals surface area contributed by atoms with Crippen molar-refractivity contribution >= 4 is 47.2 Å². The Hall–Kier alpha value is -5.79. The first-order chi connectivity index (χ1) is 19.5. The SMILES string of the molecule is COc1c(NC(=O)c2ccc(N(C)C(=O)c3ccc(NC(=O)CNC=O)cc3)c(OC)c2O)ccc(C(=O)O)c1O. The monoisotopic (exact) mass is 566 g/mol. The van der Waals surface area contributed by atoms with Crippen LogP contribution in [0.2, 0.25) is 0 Å². The number of phenols is 2. The van der Waals surface area contributed by atoms with Gasteiger partial charge in [0.05, 0.1) is 37.7 Å². The molecule has 6 N–H and O–H groups in total. The van der Waals surface area contributed by atoms with Crippen LogP contribution < -0.4 is 30.3 Å². The van der Waals surface area contributed by atoms with Crippen molar-refractivity contribution in [3.63, 3.8) is 0 Å². The highest BCUT2D eigenvalue weighted by atomic mass is 16.5. The van der Waals surface area contributed by atoms with Gasteiger partial charge in [-0.1, -0.05) is 0 Å². The lowest BCUT2D eigenvalue weighted by Gasteiger charge is -2.22. The molecule has 0 bridgehead atoms. The molecule has 0 saturated heterocycles. The van der Waals surface area contributed by atoms with E-state index in [0.717, 1.165) is 6.07 Å². The predicted octanol–water partition coefficient (Wildman–Crippen LogP) is 2.03. The maximum atomic E-state index is 13.1. The molecular weight excluding hydrogens is 540 g/mol. The van der Waals surface area contributed by atoms with E-state index in [9.17, 15) is 39.3 Å². The first-order valence-electron chi connectivity index (χ1n) is 11.7. The third kappa shape index (κ3) is 6.44. The molecule has 0 heterocycles. The number of rotatable bonds is 11. The molecule has 3 aromatic rings. The van der Waals surface area contributed by atoms with E-state index in [1.165, 1.54) is 68.6 Å². The van der Waals surface area contributed by atoms with Crippen molar-refractivity contribution in [2.45, 2.75) is 0 Å². The number of carboxylic acid groups (broad SMARTS) is 1. The van der Waals surface area contributed by atoms with Crippen LogP contribution in [0.3, 0.4) is 0 Å². The zero-order valence-electron chi connectivity index (χ0n) is 22.0. The number of aromatic carboxylic acids is 1. The van der Waals surface area contributed by atoms with Crippen molar-refractivity contribution in [1.82, 2.24) is 5.32 Å². The third-order valence-corrected chi connectivity index (χ3v) is 5.80. The number of hydrogen-bond donors (Lipinski definition) is 6. The number of ether oxygens (including phenoxy) is 2. The summed E-state index contributed by atoms with van der Waals surface area (Å²) in [6, 6.07) is 10.8. The van der Waals surface area contributed by atoms with E-state index in [2.05, 4.69) is 16.0 Å². The molecule has 0 atom stereocenters. The van der Waals surface area contributed by atoms with Crippen molar-refractivity contribution in [2.75, 3.05) is 43.3 Å². The Bertz CT molecular complexity index is 1500. The molecule has 14 heteroatoms. The Labute approximate surface area is 233 Å². The Kier molecular flexibility index (Phi) is 9.32. The van der Waals surface area contributed by atoms with Crippen molar-refractivity contribution in [3.8, 4) is 23.0 Å². The number of aromatic hydroxyl groups is 2. The normalized spacial score (nSPS) is 10.2. The number of methoxy groups -OCH3 is 2. The first kappa shape index (κ1) is 29.8. The van der Waals surface area contributed by atoms with E-state index < -0.39 is 40.8 Å². The largest absolute Gasteiger partial charge is 0.504 e. The molecule has 0 aliphatic rings. The number of carbonyl (C=O) groups excluding carboxylic acids is 4. The number of hydrogen-bond acceptors (Lipinski definition) is 9.